The zero-order valence-corrected chi connectivity index (χ0v) is 14.8. The van der Waals surface area contributed by atoms with Gasteiger partial charge in [-0.05, 0) is 12.1 Å². The molecule has 0 radical (unpaired) electrons. The van der Waals surface area contributed by atoms with E-state index in [0.717, 1.165) is 49.0 Å². The van der Waals surface area contributed by atoms with E-state index in [4.69, 9.17) is 4.55 Å². The molecule has 0 saturated heterocycles. The predicted octanol–water partition coefficient (Wildman–Crippen LogP) is 1.29. The molecule has 0 atom stereocenters. The Morgan fingerprint density at radius 2 is 1.60 bits per heavy atom. The summed E-state index contributed by atoms with van der Waals surface area (Å²) in [4.78, 5) is 6.18. The van der Waals surface area contributed by atoms with Crippen LogP contribution in [-0.2, 0) is 10.1 Å². The molecular weight excluding hydrogens is 303 g/mol. The van der Waals surface area contributed by atoms with E-state index >= 15 is 0 Å². The zero-order chi connectivity index (χ0) is 14.6. The second kappa shape index (κ2) is 6.95. The maximum atomic E-state index is 10.7. The molecule has 3 rings (SSSR count). The molecule has 2 aromatic carbocycles. The first-order valence-electron chi connectivity index (χ1n) is 5.91. The van der Waals surface area contributed by atoms with Crippen molar-refractivity contribution in [1.82, 2.24) is 9.97 Å². The first-order valence-corrected chi connectivity index (χ1v) is 8.91. The molecule has 98 valence electrons. The fourth-order valence-electron chi connectivity index (χ4n) is 1.59. The predicted molar refractivity (Wildman–Crippen MR) is 77.7 cm³/mol. The van der Waals surface area contributed by atoms with Gasteiger partial charge < -0.3 is 4.98 Å². The molecule has 2 N–H and O–H groups in total. The molecule has 0 bridgehead atoms. The summed E-state index contributed by atoms with van der Waals surface area (Å²) in [5, 5.41) is -0.422. The topological polar surface area (TPSA) is 83.1 Å². The Hall–Kier alpha value is -0.544. The van der Waals surface area contributed by atoms with Crippen molar-refractivity contribution in [2.24, 2.45) is 0 Å². The first-order chi connectivity index (χ1) is 9.47. The number of rotatable bonds is 1. The monoisotopic (exact) mass is 314 g/mol. The molecule has 20 heavy (non-hydrogen) atoms. The minimum atomic E-state index is -4.23. The molecule has 0 unspecified atom stereocenters. The van der Waals surface area contributed by atoms with Crippen molar-refractivity contribution in [3.63, 3.8) is 0 Å². The molecule has 0 saturated carbocycles. The Morgan fingerprint density at radius 1 is 1.00 bits per heavy atom. The van der Waals surface area contributed by atoms with Gasteiger partial charge in [-0.15, -0.1) is 0 Å². The van der Waals surface area contributed by atoms with Crippen molar-refractivity contribution in [2.75, 3.05) is 0 Å². The Balaban J connectivity index is 0.000000178. The standard InChI is InChI=1S/C7H6N2O3S.C6H5.K/c10-13(11,12)7-8-5-3-1-2-4-6(5)9-7;1-2-4-6-5-3-1;/h1-4H,(H,8,9)(H,10,11,12);1-5H;. The molecule has 0 aliphatic carbocycles. The van der Waals surface area contributed by atoms with Crippen LogP contribution in [-0.4, -0.2) is 71.9 Å². The van der Waals surface area contributed by atoms with Gasteiger partial charge in [-0.2, -0.15) is 8.42 Å². The van der Waals surface area contributed by atoms with E-state index in [9.17, 15) is 8.42 Å². The number of aromatic amines is 1. The molecule has 0 fully saturated rings. The van der Waals surface area contributed by atoms with E-state index < -0.39 is 15.3 Å². The van der Waals surface area contributed by atoms with Gasteiger partial charge in [0.2, 0.25) is 0 Å². The van der Waals surface area contributed by atoms with Gasteiger partial charge in [0, 0.05) is 0 Å². The normalized spacial score (nSPS) is 10.9. The Bertz CT molecular complexity index is 768. The van der Waals surface area contributed by atoms with Gasteiger partial charge in [-0.1, -0.05) is 12.1 Å². The van der Waals surface area contributed by atoms with E-state index in [1.807, 2.05) is 0 Å². The Labute approximate surface area is 150 Å². The summed E-state index contributed by atoms with van der Waals surface area (Å²) in [7, 11) is -4.23. The SMILES string of the molecule is O=S(=O)(O)c1nc2ccccc2[nH]1.[K][c]1ccccc1. The summed E-state index contributed by atoms with van der Waals surface area (Å²) in [5.41, 5.74) is 1.09. The molecule has 7 heteroatoms. The summed E-state index contributed by atoms with van der Waals surface area (Å²) >= 11 is 0.855. The molecule has 5 nitrogen and oxygen atoms in total. The van der Waals surface area contributed by atoms with Crippen molar-refractivity contribution < 1.29 is 13.0 Å². The number of imidazole rings is 1. The fourth-order valence-corrected chi connectivity index (χ4v) is 2.64. The number of nitrogens with one attached hydrogen (secondary N) is 1. The van der Waals surface area contributed by atoms with Crippen LogP contribution in [0.5, 0.6) is 0 Å². The van der Waals surface area contributed by atoms with Crippen molar-refractivity contribution in [3.8, 4) is 0 Å². The molecule has 0 aliphatic rings. The van der Waals surface area contributed by atoms with Gasteiger partial charge in [0.15, 0.2) is 0 Å². The van der Waals surface area contributed by atoms with Crippen LogP contribution >= 0.6 is 0 Å². The third kappa shape index (κ3) is 4.49. The summed E-state index contributed by atoms with van der Waals surface area (Å²) in [5.74, 6) is 0. The number of para-hydroxylation sites is 2. The van der Waals surface area contributed by atoms with Gasteiger partial charge in [0.1, 0.15) is 0 Å². The summed E-state index contributed by atoms with van der Waals surface area (Å²) in [6.07, 6.45) is 0. The van der Waals surface area contributed by atoms with Crippen LogP contribution in [0.1, 0.15) is 0 Å². The van der Waals surface area contributed by atoms with Gasteiger partial charge in [-0.3, -0.25) is 4.55 Å². The van der Waals surface area contributed by atoms with E-state index in [1.54, 1.807) is 24.3 Å². The fraction of sp³-hybridized carbons (Fsp3) is 0. The molecular formula is C13H11KN2O3S. The van der Waals surface area contributed by atoms with Crippen molar-refractivity contribution >= 4 is 69.8 Å². The second-order valence-corrected chi connectivity index (χ2v) is 7.33. The molecule has 0 amide bonds. The molecule has 1 aromatic heterocycles. The van der Waals surface area contributed by atoms with Crippen LogP contribution in [0.2, 0.25) is 0 Å². The van der Waals surface area contributed by atoms with Crippen molar-refractivity contribution in [1.29, 1.82) is 0 Å². The van der Waals surface area contributed by atoms with E-state index in [0.29, 0.717) is 11.0 Å². The molecule has 0 spiro atoms. The maximum absolute atomic E-state index is 10.7. The summed E-state index contributed by atoms with van der Waals surface area (Å²) in [6, 6.07) is 17.4. The Morgan fingerprint density at radius 3 is 2.10 bits per heavy atom. The third-order valence-corrected chi connectivity index (χ3v) is 4.28. The van der Waals surface area contributed by atoms with Crippen LogP contribution in [0.3, 0.4) is 0 Å². The number of hydrogen-bond donors (Lipinski definition) is 2. The van der Waals surface area contributed by atoms with E-state index in [2.05, 4.69) is 40.3 Å². The molecule has 3 aromatic rings. The van der Waals surface area contributed by atoms with Gasteiger partial charge in [-0.25, -0.2) is 4.98 Å². The minimum absolute atomic E-state index is 0.422. The van der Waals surface area contributed by atoms with Gasteiger partial charge in [0.05, 0.1) is 11.0 Å². The van der Waals surface area contributed by atoms with Crippen molar-refractivity contribution in [3.05, 3.63) is 54.6 Å². The third-order valence-electron chi connectivity index (χ3n) is 2.55. The number of benzene rings is 2. The summed E-state index contributed by atoms with van der Waals surface area (Å²) in [6.45, 7) is 0. The average molecular weight is 314 g/mol. The van der Waals surface area contributed by atoms with E-state index in [-0.39, 0.29) is 0 Å². The second-order valence-electron chi connectivity index (χ2n) is 4.19. The van der Waals surface area contributed by atoms with Gasteiger partial charge in [0.25, 0.3) is 5.16 Å². The first kappa shape index (κ1) is 15.8. The number of fused-ring (bicyclic) bond motifs is 1. The van der Waals surface area contributed by atoms with E-state index in [1.165, 1.54) is -0.342 Å². The van der Waals surface area contributed by atoms with Crippen molar-refractivity contribution in [2.45, 2.75) is 5.16 Å². The molecule has 1 heterocycles. The molecule has 0 aliphatic heterocycles. The van der Waals surface area contributed by atoms with Crippen LogP contribution < -0.4 is -0.342 Å². The number of hydrogen-bond acceptors (Lipinski definition) is 3. The quantitative estimate of drug-likeness (QED) is 0.524. The van der Waals surface area contributed by atoms with Gasteiger partial charge >= 0.3 is 89.1 Å². The number of H-pyrrole nitrogens is 1. The zero-order valence-electron chi connectivity index (χ0n) is 10.8. The van der Waals surface area contributed by atoms with Crippen LogP contribution in [0.25, 0.3) is 11.0 Å². The van der Waals surface area contributed by atoms with Crippen LogP contribution in [0.4, 0.5) is 0 Å². The Kier molecular flexibility index (Phi) is 5.50. The number of aromatic nitrogens is 2. The van der Waals surface area contributed by atoms with Crippen LogP contribution in [0, 0.1) is 0 Å². The average Bonchev–Trinajstić information content (AvgIpc) is 2.84. The summed E-state index contributed by atoms with van der Waals surface area (Å²) < 4.78 is 31.5. The number of nitrogens with zero attached hydrogens (tertiary/aromatic N) is 1. The van der Waals surface area contributed by atoms with Crippen LogP contribution in [0.15, 0.2) is 59.8 Å².